The van der Waals surface area contributed by atoms with Crippen LogP contribution in [0.4, 0.5) is 0 Å². The Hall–Kier alpha value is -2.25. The molecule has 0 aromatic heterocycles. The van der Waals surface area contributed by atoms with Gasteiger partial charge < -0.3 is 20.3 Å². The molecule has 1 amide bonds. The molecule has 0 saturated heterocycles. The van der Waals surface area contributed by atoms with Gasteiger partial charge in [-0.3, -0.25) is 14.4 Å². The molecular weight excluding hydrogens is 282 g/mol. The highest BCUT2D eigenvalue weighted by Gasteiger charge is 2.21. The highest BCUT2D eigenvalue weighted by Crippen LogP contribution is 2.02. The van der Waals surface area contributed by atoms with E-state index in [1.165, 1.54) is 6.92 Å². The molecule has 0 rings (SSSR count). The van der Waals surface area contributed by atoms with Gasteiger partial charge in [-0.25, -0.2) is 4.79 Å². The molecule has 0 aliphatic rings. The fourth-order valence-electron chi connectivity index (χ4n) is 1.49. The first-order chi connectivity index (χ1) is 9.72. The topological polar surface area (TPSA) is 138 Å². The number of hydrogen-bond acceptors (Lipinski definition) is 5. The zero-order valence-electron chi connectivity index (χ0n) is 11.8. The van der Waals surface area contributed by atoms with Crippen molar-refractivity contribution in [2.75, 3.05) is 0 Å². The lowest BCUT2D eigenvalue weighted by Crippen LogP contribution is -2.41. The van der Waals surface area contributed by atoms with E-state index in [1.807, 2.05) is 0 Å². The number of ketones is 2. The minimum atomic E-state index is -1.33. The van der Waals surface area contributed by atoms with E-state index < -0.39 is 23.9 Å². The summed E-state index contributed by atoms with van der Waals surface area (Å²) in [6, 6.07) is -1.29. The summed E-state index contributed by atoms with van der Waals surface area (Å²) in [5.74, 6) is -3.49. The van der Waals surface area contributed by atoms with E-state index in [4.69, 9.17) is 10.2 Å². The first-order valence-corrected chi connectivity index (χ1v) is 6.47. The van der Waals surface area contributed by atoms with Crippen molar-refractivity contribution in [1.29, 1.82) is 0 Å². The van der Waals surface area contributed by atoms with Crippen molar-refractivity contribution in [2.45, 2.75) is 51.5 Å². The second-order valence-electron chi connectivity index (χ2n) is 4.63. The molecule has 0 spiro atoms. The van der Waals surface area contributed by atoms with Crippen molar-refractivity contribution in [3.63, 3.8) is 0 Å². The quantitative estimate of drug-likeness (QED) is 0.493. The van der Waals surface area contributed by atoms with Crippen LogP contribution in [-0.2, 0) is 24.0 Å². The van der Waals surface area contributed by atoms with Crippen LogP contribution in [0.25, 0.3) is 0 Å². The second kappa shape index (κ2) is 9.62. The summed E-state index contributed by atoms with van der Waals surface area (Å²) in [7, 11) is 0. The van der Waals surface area contributed by atoms with Gasteiger partial charge in [-0.15, -0.1) is 0 Å². The number of carboxylic acids is 2. The third kappa shape index (κ3) is 10.2. The molecular formula is C13H19NO7. The molecule has 0 aliphatic heterocycles. The van der Waals surface area contributed by atoms with Gasteiger partial charge in [0.25, 0.3) is 0 Å². The number of nitrogens with one attached hydrogen (secondary N) is 1. The molecule has 0 aromatic carbocycles. The summed E-state index contributed by atoms with van der Waals surface area (Å²) in [6.45, 7) is 1.36. The van der Waals surface area contributed by atoms with Crippen LogP contribution >= 0.6 is 0 Å². The van der Waals surface area contributed by atoms with Gasteiger partial charge in [0.2, 0.25) is 5.91 Å². The fraction of sp³-hybridized carbons (Fsp3) is 0.615. The molecule has 8 heteroatoms. The molecule has 0 fully saturated rings. The smallest absolute Gasteiger partial charge is 0.326 e. The van der Waals surface area contributed by atoms with Crippen LogP contribution in [0.5, 0.6) is 0 Å². The van der Waals surface area contributed by atoms with E-state index in [2.05, 4.69) is 5.32 Å². The van der Waals surface area contributed by atoms with Crippen LogP contribution in [0.3, 0.4) is 0 Å². The third-order valence-electron chi connectivity index (χ3n) is 2.67. The Bertz CT molecular complexity index is 430. The van der Waals surface area contributed by atoms with Gasteiger partial charge in [-0.1, -0.05) is 0 Å². The van der Waals surface area contributed by atoms with E-state index in [0.717, 1.165) is 0 Å². The minimum absolute atomic E-state index is 0.0595. The molecule has 0 saturated carbocycles. The SMILES string of the molecule is CC(=O)CCC(=O)CCC(=O)N[C@H](CCC(=O)O)C(=O)O. The van der Waals surface area contributed by atoms with Gasteiger partial charge in [0.05, 0.1) is 0 Å². The molecule has 0 heterocycles. The van der Waals surface area contributed by atoms with Crippen LogP contribution < -0.4 is 5.32 Å². The largest absolute Gasteiger partial charge is 0.481 e. The average molecular weight is 301 g/mol. The summed E-state index contributed by atoms with van der Waals surface area (Å²) < 4.78 is 0. The normalized spacial score (nSPS) is 11.5. The maximum absolute atomic E-state index is 11.5. The van der Waals surface area contributed by atoms with Crippen molar-refractivity contribution in [2.24, 2.45) is 0 Å². The van der Waals surface area contributed by atoms with Crippen LogP contribution in [0.2, 0.25) is 0 Å². The first-order valence-electron chi connectivity index (χ1n) is 6.47. The van der Waals surface area contributed by atoms with E-state index in [-0.39, 0.29) is 50.1 Å². The van der Waals surface area contributed by atoms with Gasteiger partial charge in [0.1, 0.15) is 17.6 Å². The number of rotatable bonds is 11. The second-order valence-corrected chi connectivity index (χ2v) is 4.63. The molecule has 1 atom stereocenters. The van der Waals surface area contributed by atoms with Crippen LogP contribution in [-0.4, -0.2) is 45.7 Å². The van der Waals surface area contributed by atoms with Gasteiger partial charge in [-0.05, 0) is 13.3 Å². The molecule has 118 valence electrons. The Kier molecular flexibility index (Phi) is 8.59. The zero-order valence-corrected chi connectivity index (χ0v) is 11.8. The molecule has 21 heavy (non-hydrogen) atoms. The van der Waals surface area contributed by atoms with Crippen LogP contribution in [0, 0.1) is 0 Å². The molecule has 0 unspecified atom stereocenters. The van der Waals surface area contributed by atoms with Gasteiger partial charge in [0, 0.05) is 32.1 Å². The average Bonchev–Trinajstić information content (AvgIpc) is 2.38. The third-order valence-corrected chi connectivity index (χ3v) is 2.67. The zero-order chi connectivity index (χ0) is 16.4. The van der Waals surface area contributed by atoms with Crippen molar-refractivity contribution in [3.8, 4) is 0 Å². The number of amides is 1. The van der Waals surface area contributed by atoms with E-state index in [0.29, 0.717) is 0 Å². The molecule has 0 bridgehead atoms. The summed E-state index contributed by atoms with van der Waals surface area (Å²) >= 11 is 0. The minimum Gasteiger partial charge on any atom is -0.481 e. The number of carbonyl (C=O) groups excluding carboxylic acids is 3. The lowest BCUT2D eigenvalue weighted by atomic mass is 10.1. The molecule has 0 aromatic rings. The Balaban J connectivity index is 4.14. The molecule has 0 radical (unpaired) electrons. The van der Waals surface area contributed by atoms with Crippen molar-refractivity contribution in [1.82, 2.24) is 5.32 Å². The Labute approximate surface area is 121 Å². The summed E-state index contributed by atoms with van der Waals surface area (Å²) in [4.78, 5) is 54.8. The van der Waals surface area contributed by atoms with Crippen molar-refractivity contribution < 1.29 is 34.2 Å². The summed E-state index contributed by atoms with van der Waals surface area (Å²) in [5.41, 5.74) is 0. The summed E-state index contributed by atoms with van der Waals surface area (Å²) in [6.07, 6.45) is -0.692. The predicted octanol–water partition coefficient (Wildman–Crippen LogP) is 0.139. The molecule has 3 N–H and O–H groups in total. The van der Waals surface area contributed by atoms with Gasteiger partial charge >= 0.3 is 11.9 Å². The number of Topliss-reactive ketones (excluding diaryl/α,β-unsaturated/α-hetero) is 2. The van der Waals surface area contributed by atoms with E-state index in [1.54, 1.807) is 0 Å². The fourth-order valence-corrected chi connectivity index (χ4v) is 1.49. The maximum atomic E-state index is 11.5. The Morgan fingerprint density at radius 1 is 0.905 bits per heavy atom. The lowest BCUT2D eigenvalue weighted by Gasteiger charge is -2.13. The van der Waals surface area contributed by atoms with Crippen molar-refractivity contribution >= 4 is 29.4 Å². The molecule has 8 nitrogen and oxygen atoms in total. The lowest BCUT2D eigenvalue weighted by molar-refractivity contribution is -0.143. The summed E-state index contributed by atoms with van der Waals surface area (Å²) in [5, 5.41) is 19.5. The standard InChI is InChI=1S/C13H19NO7/c1-8(15)2-3-9(16)4-6-11(17)14-10(13(20)21)5-7-12(18)19/h10H,2-7H2,1H3,(H,14,17)(H,18,19)(H,20,21)/t10-/m1/s1. The Morgan fingerprint density at radius 3 is 1.95 bits per heavy atom. The van der Waals surface area contributed by atoms with Crippen molar-refractivity contribution in [3.05, 3.63) is 0 Å². The highest BCUT2D eigenvalue weighted by atomic mass is 16.4. The number of aliphatic carboxylic acids is 2. The highest BCUT2D eigenvalue weighted by molar-refractivity contribution is 5.89. The Morgan fingerprint density at radius 2 is 1.48 bits per heavy atom. The van der Waals surface area contributed by atoms with E-state index in [9.17, 15) is 24.0 Å². The van der Waals surface area contributed by atoms with Crippen LogP contribution in [0.15, 0.2) is 0 Å². The predicted molar refractivity (Wildman–Crippen MR) is 70.6 cm³/mol. The molecule has 0 aliphatic carbocycles. The number of hydrogen-bond donors (Lipinski definition) is 3. The first kappa shape index (κ1) is 18.8. The van der Waals surface area contributed by atoms with Crippen LogP contribution in [0.1, 0.15) is 45.4 Å². The monoisotopic (exact) mass is 301 g/mol. The van der Waals surface area contributed by atoms with Gasteiger partial charge in [0.15, 0.2) is 0 Å². The van der Waals surface area contributed by atoms with Gasteiger partial charge in [-0.2, -0.15) is 0 Å². The van der Waals surface area contributed by atoms with E-state index >= 15 is 0 Å². The number of carboxylic acid groups (broad SMARTS) is 2. The maximum Gasteiger partial charge on any atom is 0.326 e. The number of carbonyl (C=O) groups is 5.